The quantitative estimate of drug-likeness (QED) is 0.593. The SMILES string of the molecule is O=c1c2ccccc2[nH]c2cc(F)cc(F)c12. The average Bonchev–Trinajstić information content (AvgIpc) is 2.28. The van der Waals surface area contributed by atoms with E-state index >= 15 is 0 Å². The number of hydrogen-bond acceptors (Lipinski definition) is 1. The summed E-state index contributed by atoms with van der Waals surface area (Å²) in [5, 5.41) is 0.288. The fourth-order valence-electron chi connectivity index (χ4n) is 1.97. The highest BCUT2D eigenvalue weighted by Gasteiger charge is 2.10. The number of aromatic amines is 1. The third-order valence-electron chi connectivity index (χ3n) is 2.72. The van der Waals surface area contributed by atoms with E-state index in [1.165, 1.54) is 0 Å². The van der Waals surface area contributed by atoms with Gasteiger partial charge in [0.15, 0.2) is 5.43 Å². The van der Waals surface area contributed by atoms with Crippen LogP contribution in [-0.2, 0) is 0 Å². The van der Waals surface area contributed by atoms with Gasteiger partial charge in [-0.15, -0.1) is 0 Å². The number of nitrogens with one attached hydrogen (secondary N) is 1. The number of para-hydroxylation sites is 1. The van der Waals surface area contributed by atoms with E-state index in [1.54, 1.807) is 24.3 Å². The maximum absolute atomic E-state index is 13.6. The van der Waals surface area contributed by atoms with Crippen LogP contribution in [0.5, 0.6) is 0 Å². The van der Waals surface area contributed by atoms with Gasteiger partial charge in [0.25, 0.3) is 0 Å². The molecule has 84 valence electrons. The number of benzene rings is 2. The van der Waals surface area contributed by atoms with Crippen LogP contribution in [0.4, 0.5) is 8.78 Å². The van der Waals surface area contributed by atoms with Crippen molar-refractivity contribution in [1.29, 1.82) is 0 Å². The van der Waals surface area contributed by atoms with Crippen molar-refractivity contribution in [2.75, 3.05) is 0 Å². The minimum atomic E-state index is -0.841. The van der Waals surface area contributed by atoms with Gasteiger partial charge in [-0.2, -0.15) is 0 Å². The molecule has 0 aliphatic rings. The summed E-state index contributed by atoms with van der Waals surface area (Å²) in [6.07, 6.45) is 0. The lowest BCUT2D eigenvalue weighted by Gasteiger charge is -2.03. The number of fused-ring (bicyclic) bond motifs is 2. The summed E-state index contributed by atoms with van der Waals surface area (Å²) in [5.41, 5.74) is 0.313. The van der Waals surface area contributed by atoms with Crippen LogP contribution in [-0.4, -0.2) is 4.98 Å². The summed E-state index contributed by atoms with van der Waals surface area (Å²) >= 11 is 0. The smallest absolute Gasteiger partial charge is 0.200 e. The van der Waals surface area contributed by atoms with Crippen molar-refractivity contribution >= 4 is 21.8 Å². The van der Waals surface area contributed by atoms with Gasteiger partial charge in [-0.25, -0.2) is 8.78 Å². The largest absolute Gasteiger partial charge is 0.354 e. The topological polar surface area (TPSA) is 32.9 Å². The van der Waals surface area contributed by atoms with E-state index in [-0.39, 0.29) is 10.9 Å². The lowest BCUT2D eigenvalue weighted by atomic mass is 10.1. The van der Waals surface area contributed by atoms with E-state index in [9.17, 15) is 13.6 Å². The first kappa shape index (κ1) is 9.96. The molecule has 0 unspecified atom stereocenters. The zero-order valence-corrected chi connectivity index (χ0v) is 8.63. The molecule has 0 spiro atoms. The van der Waals surface area contributed by atoms with Crippen molar-refractivity contribution in [2.24, 2.45) is 0 Å². The van der Waals surface area contributed by atoms with Crippen LogP contribution in [0.2, 0.25) is 0 Å². The number of pyridine rings is 1. The second kappa shape index (κ2) is 3.38. The predicted octanol–water partition coefficient (Wildman–Crippen LogP) is 2.96. The number of rotatable bonds is 0. The van der Waals surface area contributed by atoms with Crippen LogP contribution in [0.15, 0.2) is 41.2 Å². The highest BCUT2D eigenvalue weighted by molar-refractivity contribution is 5.92. The second-order valence-electron chi connectivity index (χ2n) is 3.81. The lowest BCUT2D eigenvalue weighted by molar-refractivity contribution is 0.591. The summed E-state index contributed by atoms with van der Waals surface area (Å²) in [6, 6.07) is 8.58. The number of H-pyrrole nitrogens is 1. The molecule has 3 aromatic rings. The molecule has 2 aromatic carbocycles. The minimum absolute atomic E-state index is 0.106. The molecule has 2 nitrogen and oxygen atoms in total. The molecule has 0 fully saturated rings. The van der Waals surface area contributed by atoms with Crippen LogP contribution in [0.1, 0.15) is 0 Å². The van der Waals surface area contributed by atoms with Crippen LogP contribution < -0.4 is 5.43 Å². The molecule has 17 heavy (non-hydrogen) atoms. The molecule has 0 atom stereocenters. The summed E-state index contributed by atoms with van der Waals surface area (Å²) in [5.74, 6) is -1.55. The van der Waals surface area contributed by atoms with E-state index in [1.807, 2.05) is 0 Å². The van der Waals surface area contributed by atoms with Gasteiger partial charge in [0, 0.05) is 17.0 Å². The zero-order valence-electron chi connectivity index (χ0n) is 8.63. The van der Waals surface area contributed by atoms with Crippen LogP contribution in [0, 0.1) is 11.6 Å². The van der Waals surface area contributed by atoms with Crippen molar-refractivity contribution in [1.82, 2.24) is 4.98 Å². The third-order valence-corrected chi connectivity index (χ3v) is 2.72. The molecule has 1 heterocycles. The van der Waals surface area contributed by atoms with E-state index < -0.39 is 17.1 Å². The molecule has 0 aliphatic carbocycles. The van der Waals surface area contributed by atoms with Crippen molar-refractivity contribution < 1.29 is 8.78 Å². The van der Waals surface area contributed by atoms with Gasteiger partial charge in [0.2, 0.25) is 0 Å². The Morgan fingerprint density at radius 3 is 2.59 bits per heavy atom. The van der Waals surface area contributed by atoms with Crippen molar-refractivity contribution in [3.05, 3.63) is 58.3 Å². The van der Waals surface area contributed by atoms with Gasteiger partial charge in [-0.1, -0.05) is 12.1 Å². The molecule has 4 heteroatoms. The number of halogens is 2. The molecule has 0 saturated carbocycles. The Labute approximate surface area is 94.5 Å². The van der Waals surface area contributed by atoms with Crippen LogP contribution in [0.25, 0.3) is 21.8 Å². The molecule has 0 aliphatic heterocycles. The lowest BCUT2D eigenvalue weighted by Crippen LogP contribution is -2.06. The van der Waals surface area contributed by atoms with Crippen molar-refractivity contribution in [3.8, 4) is 0 Å². The van der Waals surface area contributed by atoms with Crippen LogP contribution >= 0.6 is 0 Å². The fourth-order valence-corrected chi connectivity index (χ4v) is 1.97. The molecule has 0 bridgehead atoms. The number of hydrogen-bond donors (Lipinski definition) is 1. The standard InChI is InChI=1S/C13H7F2NO/c14-7-5-9(15)12-11(6-7)16-10-4-2-1-3-8(10)13(12)17/h1-6H,(H,16,17). The fraction of sp³-hybridized carbons (Fsp3) is 0. The van der Waals surface area contributed by atoms with Gasteiger partial charge in [-0.3, -0.25) is 4.79 Å². The van der Waals surface area contributed by atoms with Crippen molar-refractivity contribution in [3.63, 3.8) is 0 Å². The molecule has 0 radical (unpaired) electrons. The van der Waals surface area contributed by atoms with Gasteiger partial charge < -0.3 is 4.98 Å². The Bertz CT molecular complexity index is 792. The zero-order chi connectivity index (χ0) is 12.0. The highest BCUT2D eigenvalue weighted by Crippen LogP contribution is 2.18. The summed E-state index contributed by atoms with van der Waals surface area (Å²) < 4.78 is 26.6. The maximum atomic E-state index is 13.6. The first-order chi connectivity index (χ1) is 8.16. The normalized spacial score (nSPS) is 11.2. The molecule has 0 amide bonds. The van der Waals surface area contributed by atoms with Gasteiger partial charge in [0.1, 0.15) is 11.6 Å². The molecule has 0 saturated heterocycles. The summed E-state index contributed by atoms with van der Waals surface area (Å²) in [6.45, 7) is 0. The van der Waals surface area contributed by atoms with Gasteiger partial charge >= 0.3 is 0 Å². The molecular formula is C13H7F2NO. The van der Waals surface area contributed by atoms with Gasteiger partial charge in [0.05, 0.1) is 10.9 Å². The molecule has 1 aromatic heterocycles. The Balaban J connectivity index is 2.64. The Kier molecular flexibility index (Phi) is 1.98. The average molecular weight is 231 g/mol. The Morgan fingerprint density at radius 2 is 1.76 bits per heavy atom. The summed E-state index contributed by atoms with van der Waals surface area (Å²) in [4.78, 5) is 14.9. The monoisotopic (exact) mass is 231 g/mol. The van der Waals surface area contributed by atoms with Crippen molar-refractivity contribution in [2.45, 2.75) is 0 Å². The summed E-state index contributed by atoms with van der Waals surface area (Å²) in [7, 11) is 0. The van der Waals surface area contributed by atoms with Gasteiger partial charge in [-0.05, 0) is 18.2 Å². The van der Waals surface area contributed by atoms with Crippen LogP contribution in [0.3, 0.4) is 0 Å². The first-order valence-electron chi connectivity index (χ1n) is 5.06. The molecule has 1 N–H and O–H groups in total. The highest BCUT2D eigenvalue weighted by atomic mass is 19.1. The minimum Gasteiger partial charge on any atom is -0.354 e. The van der Waals surface area contributed by atoms with E-state index in [0.717, 1.165) is 6.07 Å². The first-order valence-corrected chi connectivity index (χ1v) is 5.06. The second-order valence-corrected chi connectivity index (χ2v) is 3.81. The predicted molar refractivity (Wildman–Crippen MR) is 62.0 cm³/mol. The van der Waals surface area contributed by atoms with E-state index in [0.29, 0.717) is 17.0 Å². The Hall–Kier alpha value is -2.23. The van der Waals surface area contributed by atoms with E-state index in [4.69, 9.17) is 0 Å². The molecular weight excluding hydrogens is 224 g/mol. The Morgan fingerprint density at radius 1 is 1.00 bits per heavy atom. The molecule has 3 rings (SSSR count). The third kappa shape index (κ3) is 1.41. The van der Waals surface area contributed by atoms with E-state index in [2.05, 4.69) is 4.98 Å². The number of aromatic nitrogens is 1. The maximum Gasteiger partial charge on any atom is 0.200 e.